The van der Waals surface area contributed by atoms with E-state index in [1.165, 1.54) is 11.3 Å². The zero-order valence-electron chi connectivity index (χ0n) is 15.2. The fraction of sp³-hybridized carbons (Fsp3) is 0.211. The van der Waals surface area contributed by atoms with Gasteiger partial charge in [-0.05, 0) is 49.3 Å². The largest absolute Gasteiger partial charge is 0.326 e. The summed E-state index contributed by atoms with van der Waals surface area (Å²) in [4.78, 5) is 28.9. The Morgan fingerprint density at radius 3 is 2.96 bits per heavy atom. The second kappa shape index (κ2) is 9.80. The number of rotatable bonds is 8. The average Bonchev–Trinajstić information content (AvgIpc) is 3.23. The average molecular weight is 411 g/mol. The molecule has 0 aliphatic rings. The molecule has 9 heteroatoms. The summed E-state index contributed by atoms with van der Waals surface area (Å²) in [5.74, 6) is 0.397. The third-order valence-corrected chi connectivity index (χ3v) is 4.74. The van der Waals surface area contributed by atoms with Crippen LogP contribution in [0.1, 0.15) is 18.4 Å². The van der Waals surface area contributed by atoms with Crippen LogP contribution in [0.5, 0.6) is 0 Å². The maximum atomic E-state index is 12.1. The maximum absolute atomic E-state index is 12.1. The highest BCUT2D eigenvalue weighted by atomic mass is 32.1. The number of amides is 1. The summed E-state index contributed by atoms with van der Waals surface area (Å²) in [5.41, 5.74) is 3.29. The van der Waals surface area contributed by atoms with E-state index in [4.69, 9.17) is 0 Å². The minimum atomic E-state index is -0.0728. The second-order valence-corrected chi connectivity index (χ2v) is 6.96. The van der Waals surface area contributed by atoms with E-state index in [-0.39, 0.29) is 5.91 Å². The summed E-state index contributed by atoms with van der Waals surface area (Å²) in [5, 5.41) is 11.1. The van der Waals surface area contributed by atoms with Gasteiger partial charge in [0.05, 0.1) is 5.16 Å². The normalized spacial score (nSPS) is 10.2. The van der Waals surface area contributed by atoms with Crippen molar-refractivity contribution in [3.63, 3.8) is 0 Å². The Balaban J connectivity index is 1.69. The number of aromatic nitrogens is 3. The molecule has 0 saturated carbocycles. The van der Waals surface area contributed by atoms with Gasteiger partial charge in [0.25, 0.3) is 0 Å². The molecule has 3 aromatic rings. The molecule has 142 valence electrons. The zero-order valence-corrected chi connectivity index (χ0v) is 16.8. The first-order chi connectivity index (χ1) is 13.7. The molecule has 2 N–H and O–H groups in total. The van der Waals surface area contributed by atoms with Gasteiger partial charge in [0.15, 0.2) is 0 Å². The Bertz CT molecular complexity index is 999. The van der Waals surface area contributed by atoms with Crippen LogP contribution in [-0.2, 0) is 4.79 Å². The van der Waals surface area contributed by atoms with Crippen LogP contribution in [0, 0.1) is 6.92 Å². The number of thiocarbonyl (C=S) groups is 1. The van der Waals surface area contributed by atoms with Gasteiger partial charge in [0, 0.05) is 42.1 Å². The van der Waals surface area contributed by atoms with Crippen LogP contribution in [0.3, 0.4) is 0 Å². The number of anilines is 3. The molecular formula is C19H18N6OS2. The predicted octanol–water partition coefficient (Wildman–Crippen LogP) is 4.47. The number of aliphatic imine (C=N–C) groups is 1. The third-order valence-electron chi connectivity index (χ3n) is 3.81. The fourth-order valence-corrected chi connectivity index (χ4v) is 3.13. The Hall–Kier alpha value is -3.00. The number of benzene rings is 1. The highest BCUT2D eigenvalue weighted by molar-refractivity contribution is 7.78. The van der Waals surface area contributed by atoms with Gasteiger partial charge in [0.1, 0.15) is 10.7 Å². The number of thiazole rings is 1. The standard InChI is InChI=1S/C19H18N6OS2/c1-13-4-5-14(23-17(26)3-2-7-20-12-27)11-16(13)25-19-22-8-6-15(24-19)18-21-9-10-28-18/h4-6,8-11H,2-3,7H2,1H3,(H,23,26)(H,22,24,25). The maximum Gasteiger partial charge on any atom is 0.227 e. The Morgan fingerprint density at radius 2 is 2.18 bits per heavy atom. The zero-order chi connectivity index (χ0) is 19.8. The molecule has 0 atom stereocenters. The lowest BCUT2D eigenvalue weighted by molar-refractivity contribution is -0.116. The molecule has 1 amide bonds. The third kappa shape index (κ3) is 5.50. The number of nitrogens with zero attached hydrogens (tertiary/aromatic N) is 4. The quantitative estimate of drug-likeness (QED) is 0.323. The van der Waals surface area contributed by atoms with Gasteiger partial charge in [0.2, 0.25) is 11.9 Å². The van der Waals surface area contributed by atoms with Crippen LogP contribution in [0.25, 0.3) is 10.7 Å². The van der Waals surface area contributed by atoms with Crippen molar-refractivity contribution in [3.8, 4) is 10.7 Å². The predicted molar refractivity (Wildman–Crippen MR) is 115 cm³/mol. The Kier molecular flexibility index (Phi) is 6.91. The number of carbonyl (C=O) groups is 1. The van der Waals surface area contributed by atoms with Gasteiger partial charge in [-0.1, -0.05) is 6.07 Å². The van der Waals surface area contributed by atoms with E-state index in [1.807, 2.05) is 36.6 Å². The first-order valence-electron chi connectivity index (χ1n) is 8.60. The Morgan fingerprint density at radius 1 is 1.29 bits per heavy atom. The lowest BCUT2D eigenvalue weighted by Gasteiger charge is -2.12. The summed E-state index contributed by atoms with van der Waals surface area (Å²) in [6.07, 6.45) is 4.43. The number of carbonyl (C=O) groups excluding carboxylic acids is 1. The molecule has 0 aliphatic heterocycles. The van der Waals surface area contributed by atoms with E-state index in [2.05, 4.69) is 48.0 Å². The molecule has 0 saturated heterocycles. The number of isothiocyanates is 1. The van der Waals surface area contributed by atoms with Crippen LogP contribution in [0.15, 0.2) is 47.0 Å². The van der Waals surface area contributed by atoms with Crippen molar-refractivity contribution in [1.29, 1.82) is 0 Å². The minimum absolute atomic E-state index is 0.0728. The van der Waals surface area contributed by atoms with E-state index in [1.54, 1.807) is 12.4 Å². The number of nitrogens with one attached hydrogen (secondary N) is 2. The van der Waals surface area contributed by atoms with Crippen molar-refractivity contribution in [1.82, 2.24) is 15.0 Å². The van der Waals surface area contributed by atoms with E-state index in [0.29, 0.717) is 31.0 Å². The number of aryl methyl sites for hydroxylation is 1. The lowest BCUT2D eigenvalue weighted by atomic mass is 10.1. The van der Waals surface area contributed by atoms with Crippen LogP contribution >= 0.6 is 23.6 Å². The molecule has 0 fully saturated rings. The van der Waals surface area contributed by atoms with Crippen LogP contribution in [0.4, 0.5) is 17.3 Å². The molecule has 0 radical (unpaired) electrons. The minimum Gasteiger partial charge on any atom is -0.326 e. The Labute approximate surface area is 172 Å². The SMILES string of the molecule is Cc1ccc(NC(=O)CCCN=C=S)cc1Nc1nccc(-c2nccs2)n1. The first kappa shape index (κ1) is 19.8. The monoisotopic (exact) mass is 410 g/mol. The molecule has 0 unspecified atom stereocenters. The molecule has 2 aromatic heterocycles. The summed E-state index contributed by atoms with van der Waals surface area (Å²) >= 11 is 6.03. The summed E-state index contributed by atoms with van der Waals surface area (Å²) in [6, 6.07) is 7.47. The molecular weight excluding hydrogens is 392 g/mol. The van der Waals surface area contributed by atoms with Gasteiger partial charge in [-0.15, -0.1) is 11.3 Å². The van der Waals surface area contributed by atoms with Crippen molar-refractivity contribution in [2.75, 3.05) is 17.2 Å². The van der Waals surface area contributed by atoms with Gasteiger partial charge in [-0.25, -0.2) is 19.9 Å². The highest BCUT2D eigenvalue weighted by Crippen LogP contribution is 2.25. The van der Waals surface area contributed by atoms with Gasteiger partial charge in [-0.2, -0.15) is 0 Å². The highest BCUT2D eigenvalue weighted by Gasteiger charge is 2.08. The molecule has 0 aliphatic carbocycles. The van der Waals surface area contributed by atoms with Crippen LogP contribution < -0.4 is 10.6 Å². The van der Waals surface area contributed by atoms with Crippen LogP contribution in [0.2, 0.25) is 0 Å². The van der Waals surface area contributed by atoms with Gasteiger partial charge >= 0.3 is 0 Å². The second-order valence-electron chi connectivity index (χ2n) is 5.88. The van der Waals surface area contributed by atoms with Crippen molar-refractivity contribution in [3.05, 3.63) is 47.6 Å². The van der Waals surface area contributed by atoms with Gasteiger partial charge in [-0.3, -0.25) is 4.79 Å². The molecule has 0 bridgehead atoms. The van der Waals surface area contributed by atoms with E-state index in [0.717, 1.165) is 22.0 Å². The molecule has 28 heavy (non-hydrogen) atoms. The summed E-state index contributed by atoms with van der Waals surface area (Å²) in [7, 11) is 0. The number of hydrogen-bond donors (Lipinski definition) is 2. The van der Waals surface area contributed by atoms with Gasteiger partial charge < -0.3 is 10.6 Å². The van der Waals surface area contributed by atoms with Crippen molar-refractivity contribution < 1.29 is 4.79 Å². The number of hydrogen-bond acceptors (Lipinski definition) is 8. The molecule has 1 aromatic carbocycles. The molecule has 7 nitrogen and oxygen atoms in total. The molecule has 3 rings (SSSR count). The van der Waals surface area contributed by atoms with E-state index in [9.17, 15) is 4.79 Å². The van der Waals surface area contributed by atoms with Crippen molar-refractivity contribution in [2.24, 2.45) is 4.99 Å². The topological polar surface area (TPSA) is 92.2 Å². The van der Waals surface area contributed by atoms with E-state index >= 15 is 0 Å². The molecule has 0 spiro atoms. The summed E-state index contributed by atoms with van der Waals surface area (Å²) in [6.45, 7) is 2.48. The lowest BCUT2D eigenvalue weighted by Crippen LogP contribution is -2.12. The first-order valence-corrected chi connectivity index (χ1v) is 9.88. The van der Waals surface area contributed by atoms with Crippen LogP contribution in [-0.4, -0.2) is 32.6 Å². The fourth-order valence-electron chi connectivity index (χ4n) is 2.43. The molecule has 2 heterocycles. The van der Waals surface area contributed by atoms with Crippen molar-refractivity contribution >= 4 is 51.9 Å². The summed E-state index contributed by atoms with van der Waals surface area (Å²) < 4.78 is 0. The van der Waals surface area contributed by atoms with Crippen molar-refractivity contribution in [2.45, 2.75) is 19.8 Å². The smallest absolute Gasteiger partial charge is 0.227 e. The van der Waals surface area contributed by atoms with E-state index < -0.39 is 0 Å².